The third kappa shape index (κ3) is 4.51. The molecule has 2 N–H and O–H groups in total. The van der Waals surface area contributed by atoms with Gasteiger partial charge in [-0.1, -0.05) is 0 Å². The van der Waals surface area contributed by atoms with E-state index in [4.69, 9.17) is 0 Å². The first-order chi connectivity index (χ1) is 14.1. The van der Waals surface area contributed by atoms with E-state index in [0.717, 1.165) is 35.8 Å². The van der Waals surface area contributed by atoms with Crippen LogP contribution in [0.2, 0.25) is 0 Å². The van der Waals surface area contributed by atoms with Crippen molar-refractivity contribution in [3.63, 3.8) is 0 Å². The van der Waals surface area contributed by atoms with E-state index in [0.29, 0.717) is 16.4 Å². The number of hydrogen-bond acceptors (Lipinski definition) is 5. The molecule has 0 unspecified atom stereocenters. The number of rotatable bonds is 5. The summed E-state index contributed by atoms with van der Waals surface area (Å²) in [4.78, 5) is 6.09. The standard InChI is InChI=1S/C19H22F6N4S/c1-9(17(21)22)26-12-4-5-29(15(8-12)19(23,24)25)13-6-11(20)7-14-16(13)27-18(28-30-14)10-2-3-10/h6-7,9-10,12,15,17,26H,2-5,8H2,1H3,(H,27,28)/t9-,12+,15-/m0/s1. The van der Waals surface area contributed by atoms with Crippen LogP contribution in [0, 0.1) is 11.7 Å². The molecule has 2 heterocycles. The van der Waals surface area contributed by atoms with Crippen molar-refractivity contribution in [2.24, 2.45) is 10.9 Å². The minimum absolute atomic E-state index is 0.0416. The highest BCUT2D eigenvalue weighted by Gasteiger charge is 2.48. The number of nitrogens with one attached hydrogen (secondary N) is 2. The first kappa shape index (κ1) is 21.6. The van der Waals surface area contributed by atoms with Crippen LogP contribution >= 0.6 is 11.9 Å². The molecule has 1 saturated carbocycles. The van der Waals surface area contributed by atoms with E-state index in [1.807, 2.05) is 0 Å². The Bertz CT molecular complexity index is 826. The fourth-order valence-corrected chi connectivity index (χ4v) is 4.76. The highest BCUT2D eigenvalue weighted by Crippen LogP contribution is 2.46. The molecule has 1 aromatic rings. The summed E-state index contributed by atoms with van der Waals surface area (Å²) < 4.78 is 84.8. The molecule has 0 spiro atoms. The number of anilines is 1. The number of nitrogens with zero attached hydrogens (tertiary/aromatic N) is 2. The molecule has 1 aliphatic carbocycles. The Hall–Kier alpha value is -1.62. The van der Waals surface area contributed by atoms with Gasteiger partial charge in [-0.3, -0.25) is 0 Å². The lowest BCUT2D eigenvalue weighted by Crippen LogP contribution is -2.56. The molecule has 1 saturated heterocycles. The van der Waals surface area contributed by atoms with Gasteiger partial charge in [0.1, 0.15) is 23.4 Å². The number of piperidine rings is 1. The minimum atomic E-state index is -4.60. The molecule has 3 atom stereocenters. The molecule has 0 radical (unpaired) electrons. The summed E-state index contributed by atoms with van der Waals surface area (Å²) >= 11 is 1.15. The number of fused-ring (bicyclic) bond motifs is 1. The Morgan fingerprint density at radius 3 is 2.60 bits per heavy atom. The molecule has 30 heavy (non-hydrogen) atoms. The van der Waals surface area contributed by atoms with Gasteiger partial charge in [0, 0.05) is 18.5 Å². The van der Waals surface area contributed by atoms with E-state index in [-0.39, 0.29) is 24.6 Å². The van der Waals surface area contributed by atoms with Gasteiger partial charge in [-0.2, -0.15) is 13.2 Å². The summed E-state index contributed by atoms with van der Waals surface area (Å²) in [5.74, 6) is 0.314. The smallest absolute Gasteiger partial charge is 0.358 e. The number of aliphatic imine (C=N–C) groups is 1. The molecule has 1 aromatic carbocycles. The Morgan fingerprint density at radius 1 is 1.23 bits per heavy atom. The summed E-state index contributed by atoms with van der Waals surface area (Å²) in [6, 6.07) is -1.48. The molecule has 0 bridgehead atoms. The predicted octanol–water partition coefficient (Wildman–Crippen LogP) is 5.02. The van der Waals surface area contributed by atoms with Crippen LogP contribution in [-0.4, -0.2) is 43.1 Å². The van der Waals surface area contributed by atoms with Gasteiger partial charge in [-0.15, -0.1) is 0 Å². The highest BCUT2D eigenvalue weighted by atomic mass is 32.2. The summed E-state index contributed by atoms with van der Waals surface area (Å²) in [6.07, 6.45) is -5.50. The van der Waals surface area contributed by atoms with E-state index in [2.05, 4.69) is 15.0 Å². The van der Waals surface area contributed by atoms with Crippen LogP contribution in [0.25, 0.3) is 0 Å². The van der Waals surface area contributed by atoms with Crippen LogP contribution in [0.3, 0.4) is 0 Å². The molecule has 11 heteroatoms. The number of alkyl halides is 5. The van der Waals surface area contributed by atoms with Crippen molar-refractivity contribution in [1.82, 2.24) is 10.0 Å². The van der Waals surface area contributed by atoms with Gasteiger partial charge in [0.25, 0.3) is 6.43 Å². The maximum absolute atomic E-state index is 14.2. The second-order valence-corrected chi connectivity index (χ2v) is 8.86. The van der Waals surface area contributed by atoms with Crippen molar-refractivity contribution < 1.29 is 26.3 Å². The van der Waals surface area contributed by atoms with Crippen molar-refractivity contribution in [1.29, 1.82) is 0 Å². The maximum atomic E-state index is 14.2. The molecule has 2 fully saturated rings. The fourth-order valence-electron chi connectivity index (χ4n) is 3.91. The minimum Gasteiger partial charge on any atom is -0.358 e. The van der Waals surface area contributed by atoms with Crippen molar-refractivity contribution in [2.75, 3.05) is 11.4 Å². The average molecular weight is 452 g/mol. The second kappa shape index (κ2) is 8.14. The molecule has 0 amide bonds. The highest BCUT2D eigenvalue weighted by molar-refractivity contribution is 7.98. The van der Waals surface area contributed by atoms with Crippen LogP contribution in [-0.2, 0) is 0 Å². The van der Waals surface area contributed by atoms with E-state index in [1.165, 1.54) is 13.0 Å². The van der Waals surface area contributed by atoms with Gasteiger partial charge >= 0.3 is 6.18 Å². The zero-order valence-corrected chi connectivity index (χ0v) is 17.0. The van der Waals surface area contributed by atoms with Crippen molar-refractivity contribution >= 4 is 29.2 Å². The lowest BCUT2D eigenvalue weighted by molar-refractivity contribution is -0.154. The Kier molecular flexibility index (Phi) is 5.86. The van der Waals surface area contributed by atoms with Gasteiger partial charge in [-0.25, -0.2) is 18.2 Å². The Labute approximate surface area is 174 Å². The summed E-state index contributed by atoms with van der Waals surface area (Å²) in [6.45, 7) is 1.21. The normalized spacial score (nSPS) is 25.6. The largest absolute Gasteiger partial charge is 0.408 e. The SMILES string of the molecule is C[C@H](N[C@@H]1CCN(c2cc(F)cc3c2N=C(C2CC2)NS3)[C@H](C(F)(F)F)C1)C(F)F. The molecule has 4 nitrogen and oxygen atoms in total. The van der Waals surface area contributed by atoms with E-state index in [9.17, 15) is 26.3 Å². The Balaban J connectivity index is 1.65. The average Bonchev–Trinajstić information content (AvgIpc) is 3.51. The zero-order valence-electron chi connectivity index (χ0n) is 16.1. The van der Waals surface area contributed by atoms with Crippen LogP contribution in [0.15, 0.2) is 22.0 Å². The second-order valence-electron chi connectivity index (χ2n) is 8.01. The third-order valence-electron chi connectivity index (χ3n) is 5.65. The predicted molar refractivity (Wildman–Crippen MR) is 104 cm³/mol. The fraction of sp³-hybridized carbons (Fsp3) is 0.632. The quantitative estimate of drug-likeness (QED) is 0.486. The van der Waals surface area contributed by atoms with Crippen molar-refractivity contribution in [2.45, 2.75) is 68.2 Å². The Morgan fingerprint density at radius 2 is 1.97 bits per heavy atom. The summed E-state index contributed by atoms with van der Waals surface area (Å²) in [5, 5.41) is 2.60. The summed E-state index contributed by atoms with van der Waals surface area (Å²) in [5.41, 5.74) is 0.434. The summed E-state index contributed by atoms with van der Waals surface area (Å²) in [7, 11) is 0. The first-order valence-corrected chi connectivity index (χ1v) is 10.7. The van der Waals surface area contributed by atoms with Crippen molar-refractivity contribution in [3.05, 3.63) is 17.9 Å². The van der Waals surface area contributed by atoms with Gasteiger partial charge < -0.3 is 14.9 Å². The van der Waals surface area contributed by atoms with Crippen LogP contribution in [0.5, 0.6) is 0 Å². The third-order valence-corrected chi connectivity index (χ3v) is 6.49. The topological polar surface area (TPSA) is 39.7 Å². The van der Waals surface area contributed by atoms with Crippen LogP contribution in [0.4, 0.5) is 37.7 Å². The first-order valence-electron chi connectivity index (χ1n) is 9.86. The number of amidine groups is 1. The molecule has 3 aliphatic rings. The molecular weight excluding hydrogens is 430 g/mol. The zero-order chi connectivity index (χ0) is 21.6. The van der Waals surface area contributed by atoms with Gasteiger partial charge in [0.05, 0.1) is 16.6 Å². The van der Waals surface area contributed by atoms with Gasteiger partial charge in [0.2, 0.25) is 0 Å². The van der Waals surface area contributed by atoms with Gasteiger partial charge in [0.15, 0.2) is 0 Å². The monoisotopic (exact) mass is 452 g/mol. The molecule has 166 valence electrons. The van der Waals surface area contributed by atoms with E-state index in [1.54, 1.807) is 0 Å². The molecule has 4 rings (SSSR count). The van der Waals surface area contributed by atoms with Gasteiger partial charge in [-0.05, 0) is 56.7 Å². The van der Waals surface area contributed by atoms with E-state index >= 15 is 0 Å². The number of hydrogen-bond donors (Lipinski definition) is 2. The molecular formula is C19H22F6N4S. The molecule has 2 aliphatic heterocycles. The molecule has 0 aromatic heterocycles. The number of halogens is 6. The van der Waals surface area contributed by atoms with Crippen molar-refractivity contribution in [3.8, 4) is 0 Å². The number of benzene rings is 1. The maximum Gasteiger partial charge on any atom is 0.408 e. The lowest BCUT2D eigenvalue weighted by Gasteiger charge is -2.43. The van der Waals surface area contributed by atoms with Crippen LogP contribution < -0.4 is 14.9 Å². The van der Waals surface area contributed by atoms with Crippen LogP contribution in [0.1, 0.15) is 32.6 Å². The lowest BCUT2D eigenvalue weighted by atomic mass is 9.95. The van der Waals surface area contributed by atoms with E-state index < -0.39 is 43.0 Å².